The Morgan fingerprint density at radius 2 is 1.89 bits per heavy atom. The standard InChI is InChI=1S/C17H26N2/c1-13-11-14(12-18-15-8-9-15)7-10-17(13)19(2)16-5-3-4-6-16/h7,10-11,15-16,18H,3-6,8-9,12H2,1-2H3. The highest BCUT2D eigenvalue weighted by atomic mass is 15.1. The summed E-state index contributed by atoms with van der Waals surface area (Å²) in [4.78, 5) is 2.50. The average molecular weight is 258 g/mol. The van der Waals surface area contributed by atoms with Crippen LogP contribution in [0.5, 0.6) is 0 Å². The normalized spacial score (nSPS) is 19.9. The van der Waals surface area contributed by atoms with Crippen LogP contribution in [0.4, 0.5) is 5.69 Å². The van der Waals surface area contributed by atoms with Gasteiger partial charge in [-0.05, 0) is 49.8 Å². The third-order valence-electron chi connectivity index (χ3n) is 4.69. The van der Waals surface area contributed by atoms with Gasteiger partial charge in [-0.15, -0.1) is 0 Å². The summed E-state index contributed by atoms with van der Waals surface area (Å²) in [6.07, 6.45) is 8.25. The first-order valence-electron chi connectivity index (χ1n) is 7.80. The van der Waals surface area contributed by atoms with Gasteiger partial charge in [0.25, 0.3) is 0 Å². The van der Waals surface area contributed by atoms with Crippen LogP contribution in [0.25, 0.3) is 0 Å². The molecule has 1 aromatic rings. The molecular formula is C17H26N2. The highest BCUT2D eigenvalue weighted by Crippen LogP contribution is 2.29. The van der Waals surface area contributed by atoms with Gasteiger partial charge in [-0.25, -0.2) is 0 Å². The molecule has 0 aromatic heterocycles. The van der Waals surface area contributed by atoms with E-state index in [4.69, 9.17) is 0 Å². The Bertz CT molecular complexity index is 431. The summed E-state index contributed by atoms with van der Waals surface area (Å²) in [5.41, 5.74) is 4.26. The van der Waals surface area contributed by atoms with Crippen molar-refractivity contribution in [1.82, 2.24) is 5.32 Å². The fourth-order valence-corrected chi connectivity index (χ4v) is 3.26. The van der Waals surface area contributed by atoms with Gasteiger partial charge in [-0.1, -0.05) is 25.0 Å². The van der Waals surface area contributed by atoms with Gasteiger partial charge in [-0.2, -0.15) is 0 Å². The molecule has 2 nitrogen and oxygen atoms in total. The first-order valence-corrected chi connectivity index (χ1v) is 7.80. The maximum Gasteiger partial charge on any atom is 0.0396 e. The zero-order chi connectivity index (χ0) is 13.2. The highest BCUT2D eigenvalue weighted by Gasteiger charge is 2.22. The minimum atomic E-state index is 0.758. The van der Waals surface area contributed by atoms with E-state index in [9.17, 15) is 0 Å². The van der Waals surface area contributed by atoms with Crippen LogP contribution in [-0.4, -0.2) is 19.1 Å². The molecule has 2 heteroatoms. The summed E-state index contributed by atoms with van der Waals surface area (Å²) >= 11 is 0. The Hall–Kier alpha value is -1.02. The molecule has 0 radical (unpaired) electrons. The van der Waals surface area contributed by atoms with Crippen LogP contribution in [-0.2, 0) is 6.54 Å². The van der Waals surface area contributed by atoms with Crippen LogP contribution >= 0.6 is 0 Å². The number of anilines is 1. The molecule has 0 spiro atoms. The second-order valence-corrected chi connectivity index (χ2v) is 6.33. The topological polar surface area (TPSA) is 15.3 Å². The average Bonchev–Trinajstić information content (AvgIpc) is 3.07. The fourth-order valence-electron chi connectivity index (χ4n) is 3.26. The molecule has 3 rings (SSSR count). The predicted molar refractivity (Wildman–Crippen MR) is 81.7 cm³/mol. The first kappa shape index (κ1) is 13.0. The Balaban J connectivity index is 1.67. The molecule has 0 aliphatic heterocycles. The zero-order valence-corrected chi connectivity index (χ0v) is 12.3. The van der Waals surface area contributed by atoms with Crippen LogP contribution in [0, 0.1) is 6.92 Å². The van der Waals surface area contributed by atoms with Crippen molar-refractivity contribution in [1.29, 1.82) is 0 Å². The van der Waals surface area contributed by atoms with Crippen LogP contribution < -0.4 is 10.2 Å². The number of nitrogens with one attached hydrogen (secondary N) is 1. The molecule has 1 N–H and O–H groups in total. The lowest BCUT2D eigenvalue weighted by Gasteiger charge is -2.28. The summed E-state index contributed by atoms with van der Waals surface area (Å²) in [5, 5.41) is 3.59. The Morgan fingerprint density at radius 3 is 2.53 bits per heavy atom. The Kier molecular flexibility index (Phi) is 3.79. The molecule has 2 fully saturated rings. The van der Waals surface area contributed by atoms with Crippen LogP contribution in [0.2, 0.25) is 0 Å². The number of benzene rings is 1. The fraction of sp³-hybridized carbons (Fsp3) is 0.647. The molecular weight excluding hydrogens is 232 g/mol. The monoisotopic (exact) mass is 258 g/mol. The van der Waals surface area contributed by atoms with Crippen molar-refractivity contribution >= 4 is 5.69 Å². The minimum Gasteiger partial charge on any atom is -0.371 e. The smallest absolute Gasteiger partial charge is 0.0396 e. The van der Waals surface area contributed by atoms with Gasteiger partial charge in [-0.3, -0.25) is 0 Å². The molecule has 2 aliphatic rings. The maximum absolute atomic E-state index is 3.59. The summed E-state index contributed by atoms with van der Waals surface area (Å²) < 4.78 is 0. The van der Waals surface area contributed by atoms with Crippen molar-refractivity contribution in [3.63, 3.8) is 0 Å². The summed E-state index contributed by atoms with van der Waals surface area (Å²) in [7, 11) is 2.26. The van der Waals surface area contributed by atoms with Crippen molar-refractivity contribution in [3.8, 4) is 0 Å². The third-order valence-corrected chi connectivity index (χ3v) is 4.69. The molecule has 1 aromatic carbocycles. The van der Waals surface area contributed by atoms with Crippen molar-refractivity contribution < 1.29 is 0 Å². The summed E-state index contributed by atoms with van der Waals surface area (Å²) in [5.74, 6) is 0. The molecule has 0 saturated heterocycles. The zero-order valence-electron chi connectivity index (χ0n) is 12.3. The molecule has 19 heavy (non-hydrogen) atoms. The third kappa shape index (κ3) is 3.11. The maximum atomic E-state index is 3.59. The van der Waals surface area contributed by atoms with Crippen molar-refractivity contribution in [3.05, 3.63) is 29.3 Å². The number of rotatable bonds is 5. The SMILES string of the molecule is Cc1cc(CNC2CC2)ccc1N(C)C1CCCC1. The van der Waals surface area contributed by atoms with E-state index in [-0.39, 0.29) is 0 Å². The van der Waals surface area contributed by atoms with E-state index in [0.29, 0.717) is 0 Å². The second kappa shape index (κ2) is 5.54. The van der Waals surface area contributed by atoms with E-state index in [0.717, 1.165) is 18.6 Å². The molecule has 0 atom stereocenters. The lowest BCUT2D eigenvalue weighted by molar-refractivity contribution is 0.651. The number of hydrogen-bond acceptors (Lipinski definition) is 2. The Morgan fingerprint density at radius 1 is 1.16 bits per heavy atom. The minimum absolute atomic E-state index is 0.758. The van der Waals surface area contributed by atoms with Gasteiger partial charge in [0.2, 0.25) is 0 Å². The van der Waals surface area contributed by atoms with Crippen LogP contribution in [0.1, 0.15) is 49.7 Å². The number of aryl methyl sites for hydroxylation is 1. The molecule has 0 unspecified atom stereocenters. The number of nitrogens with zero attached hydrogens (tertiary/aromatic N) is 1. The van der Waals surface area contributed by atoms with Gasteiger partial charge in [0.15, 0.2) is 0 Å². The quantitative estimate of drug-likeness (QED) is 0.867. The van der Waals surface area contributed by atoms with Crippen molar-refractivity contribution in [2.75, 3.05) is 11.9 Å². The first-order chi connectivity index (χ1) is 9.24. The van der Waals surface area contributed by atoms with Crippen LogP contribution in [0.15, 0.2) is 18.2 Å². The van der Waals surface area contributed by atoms with Crippen LogP contribution in [0.3, 0.4) is 0 Å². The molecule has 0 bridgehead atoms. The van der Waals surface area contributed by atoms with E-state index in [1.165, 1.54) is 55.3 Å². The molecule has 2 saturated carbocycles. The van der Waals surface area contributed by atoms with E-state index < -0.39 is 0 Å². The molecule has 0 heterocycles. The van der Waals surface area contributed by atoms with E-state index in [2.05, 4.69) is 42.4 Å². The van der Waals surface area contributed by atoms with Gasteiger partial charge in [0, 0.05) is 31.4 Å². The van der Waals surface area contributed by atoms with Gasteiger partial charge < -0.3 is 10.2 Å². The van der Waals surface area contributed by atoms with E-state index in [1.807, 2.05) is 0 Å². The molecule has 0 amide bonds. The summed E-state index contributed by atoms with van der Waals surface area (Å²) in [6.45, 7) is 3.28. The predicted octanol–water partition coefficient (Wildman–Crippen LogP) is 3.63. The van der Waals surface area contributed by atoms with Gasteiger partial charge >= 0.3 is 0 Å². The van der Waals surface area contributed by atoms with Crippen molar-refractivity contribution in [2.45, 2.75) is 64.1 Å². The highest BCUT2D eigenvalue weighted by molar-refractivity contribution is 5.54. The summed E-state index contributed by atoms with van der Waals surface area (Å²) in [6, 6.07) is 8.52. The molecule has 2 aliphatic carbocycles. The Labute approximate surface area is 117 Å². The van der Waals surface area contributed by atoms with E-state index >= 15 is 0 Å². The molecule has 104 valence electrons. The van der Waals surface area contributed by atoms with Gasteiger partial charge in [0.1, 0.15) is 0 Å². The van der Waals surface area contributed by atoms with Crippen molar-refractivity contribution in [2.24, 2.45) is 0 Å². The van der Waals surface area contributed by atoms with E-state index in [1.54, 1.807) is 0 Å². The lowest BCUT2D eigenvalue weighted by Crippen LogP contribution is -2.29. The largest absolute Gasteiger partial charge is 0.371 e. The lowest BCUT2D eigenvalue weighted by atomic mass is 10.1. The number of hydrogen-bond donors (Lipinski definition) is 1. The second-order valence-electron chi connectivity index (χ2n) is 6.33. The van der Waals surface area contributed by atoms with Gasteiger partial charge in [0.05, 0.1) is 0 Å².